The molecule has 24 heavy (non-hydrogen) atoms. The van der Waals surface area contributed by atoms with Crippen LogP contribution in [-0.2, 0) is 4.74 Å². The molecule has 2 aromatic rings. The minimum absolute atomic E-state index is 0. The molecule has 1 fully saturated rings. The van der Waals surface area contributed by atoms with Gasteiger partial charge in [0.2, 0.25) is 0 Å². The van der Waals surface area contributed by atoms with Crippen LogP contribution in [0.15, 0.2) is 42.5 Å². The molecule has 0 radical (unpaired) electrons. The molecule has 1 saturated heterocycles. The van der Waals surface area contributed by atoms with Gasteiger partial charge in [0.25, 0.3) is 0 Å². The maximum atomic E-state index is 13.6. The van der Waals surface area contributed by atoms with E-state index in [1.165, 1.54) is 30.3 Å². The minimum atomic E-state index is -0.554. The molecule has 2 aromatic carbocycles. The number of nitrogens with one attached hydrogen (secondary N) is 1. The number of hydrogen-bond acceptors (Lipinski definition) is 3. The molecule has 0 aromatic heterocycles. The van der Waals surface area contributed by atoms with Crippen LogP contribution in [0.1, 0.15) is 11.7 Å². The highest BCUT2D eigenvalue weighted by molar-refractivity contribution is 6.32. The zero-order valence-corrected chi connectivity index (χ0v) is 14.2. The molecule has 0 amide bonds. The predicted octanol–water partition coefficient (Wildman–Crippen LogP) is 4.15. The van der Waals surface area contributed by atoms with Gasteiger partial charge >= 0.3 is 0 Å². The molecule has 130 valence electrons. The van der Waals surface area contributed by atoms with Crippen molar-refractivity contribution < 1.29 is 18.3 Å². The van der Waals surface area contributed by atoms with E-state index in [0.717, 1.165) is 6.54 Å². The third kappa shape index (κ3) is 4.57. The van der Waals surface area contributed by atoms with Crippen molar-refractivity contribution >= 4 is 24.0 Å². The van der Waals surface area contributed by atoms with E-state index < -0.39 is 11.9 Å². The Balaban J connectivity index is 0.00000208. The van der Waals surface area contributed by atoms with Crippen molar-refractivity contribution in [3.05, 3.63) is 64.7 Å². The normalized spacial score (nSPS) is 18.5. The van der Waals surface area contributed by atoms with Gasteiger partial charge < -0.3 is 14.8 Å². The monoisotopic (exact) mass is 375 g/mol. The Morgan fingerprint density at radius 2 is 1.96 bits per heavy atom. The van der Waals surface area contributed by atoms with Crippen molar-refractivity contribution in [3.8, 4) is 5.75 Å². The SMILES string of the molecule is Cl.Fc1cccc([C@H](Oc2ccc(F)cc2Cl)[C@@H]2CNCCO2)c1. The van der Waals surface area contributed by atoms with Crippen molar-refractivity contribution in [2.24, 2.45) is 0 Å². The zero-order valence-electron chi connectivity index (χ0n) is 12.7. The fraction of sp³-hybridized carbons (Fsp3) is 0.294. The maximum Gasteiger partial charge on any atom is 0.151 e. The van der Waals surface area contributed by atoms with E-state index in [2.05, 4.69) is 5.32 Å². The van der Waals surface area contributed by atoms with Crippen LogP contribution >= 0.6 is 24.0 Å². The molecule has 0 saturated carbocycles. The van der Waals surface area contributed by atoms with Crippen LogP contribution in [0.3, 0.4) is 0 Å². The summed E-state index contributed by atoms with van der Waals surface area (Å²) in [6, 6.07) is 10.1. The van der Waals surface area contributed by atoms with Gasteiger partial charge in [0, 0.05) is 13.1 Å². The lowest BCUT2D eigenvalue weighted by Gasteiger charge is -2.31. The van der Waals surface area contributed by atoms with Crippen molar-refractivity contribution in [3.63, 3.8) is 0 Å². The van der Waals surface area contributed by atoms with Crippen LogP contribution in [0.25, 0.3) is 0 Å². The predicted molar refractivity (Wildman–Crippen MR) is 91.0 cm³/mol. The summed E-state index contributed by atoms with van der Waals surface area (Å²) in [5.41, 5.74) is 0.638. The molecule has 0 aliphatic carbocycles. The largest absolute Gasteiger partial charge is 0.481 e. The quantitative estimate of drug-likeness (QED) is 0.870. The van der Waals surface area contributed by atoms with E-state index >= 15 is 0 Å². The van der Waals surface area contributed by atoms with E-state index in [4.69, 9.17) is 21.1 Å². The molecular formula is C17H17Cl2F2NO2. The van der Waals surface area contributed by atoms with Crippen LogP contribution in [0.2, 0.25) is 5.02 Å². The molecule has 1 aliphatic heterocycles. The topological polar surface area (TPSA) is 30.5 Å². The third-order valence-electron chi connectivity index (χ3n) is 3.62. The average Bonchev–Trinajstić information content (AvgIpc) is 2.55. The molecule has 0 spiro atoms. The lowest BCUT2D eigenvalue weighted by Crippen LogP contribution is -2.43. The van der Waals surface area contributed by atoms with Gasteiger partial charge in [-0.05, 0) is 35.9 Å². The maximum absolute atomic E-state index is 13.6. The smallest absolute Gasteiger partial charge is 0.151 e. The minimum Gasteiger partial charge on any atom is -0.481 e. The molecule has 1 aliphatic rings. The summed E-state index contributed by atoms with van der Waals surface area (Å²) < 4.78 is 38.5. The van der Waals surface area contributed by atoms with E-state index in [9.17, 15) is 8.78 Å². The first kappa shape index (κ1) is 18.9. The van der Waals surface area contributed by atoms with Gasteiger partial charge in [0.15, 0.2) is 6.10 Å². The molecule has 7 heteroatoms. The Hall–Kier alpha value is -1.40. The lowest BCUT2D eigenvalue weighted by molar-refractivity contribution is -0.0433. The highest BCUT2D eigenvalue weighted by atomic mass is 35.5. The van der Waals surface area contributed by atoms with Crippen molar-refractivity contribution in [1.29, 1.82) is 0 Å². The first-order valence-electron chi connectivity index (χ1n) is 7.33. The van der Waals surface area contributed by atoms with Gasteiger partial charge in [-0.25, -0.2) is 8.78 Å². The van der Waals surface area contributed by atoms with Crippen LogP contribution in [-0.4, -0.2) is 25.8 Å². The molecule has 0 unspecified atom stereocenters. The Morgan fingerprint density at radius 1 is 1.17 bits per heavy atom. The first-order valence-corrected chi connectivity index (χ1v) is 7.71. The van der Waals surface area contributed by atoms with Gasteiger partial charge in [0.05, 0.1) is 11.6 Å². The molecular weight excluding hydrogens is 359 g/mol. The van der Waals surface area contributed by atoms with Crippen LogP contribution in [0.5, 0.6) is 5.75 Å². The van der Waals surface area contributed by atoms with E-state index in [1.807, 2.05) is 0 Å². The summed E-state index contributed by atoms with van der Waals surface area (Å²) >= 11 is 6.04. The summed E-state index contributed by atoms with van der Waals surface area (Å²) in [5, 5.41) is 3.38. The standard InChI is InChI=1S/C17H16ClF2NO2.ClH/c18-14-9-13(20)4-5-15(14)23-17(16-10-21-6-7-22-16)11-2-1-3-12(19)8-11;/h1-5,8-9,16-17,21H,6-7,10H2;1H/t16-,17-;/m0./s1. The van der Waals surface area contributed by atoms with Gasteiger partial charge in [-0.3, -0.25) is 0 Å². The van der Waals surface area contributed by atoms with Gasteiger partial charge in [0.1, 0.15) is 23.5 Å². The fourth-order valence-corrected chi connectivity index (χ4v) is 2.74. The second-order valence-electron chi connectivity index (χ2n) is 5.28. The molecule has 3 nitrogen and oxygen atoms in total. The Morgan fingerprint density at radius 3 is 2.62 bits per heavy atom. The summed E-state index contributed by atoms with van der Waals surface area (Å²) in [6.07, 6.45) is -0.854. The van der Waals surface area contributed by atoms with E-state index in [-0.39, 0.29) is 29.4 Å². The summed E-state index contributed by atoms with van der Waals surface area (Å²) in [4.78, 5) is 0. The molecule has 1 N–H and O–H groups in total. The van der Waals surface area contributed by atoms with Crippen LogP contribution < -0.4 is 10.1 Å². The van der Waals surface area contributed by atoms with E-state index in [0.29, 0.717) is 24.5 Å². The summed E-state index contributed by atoms with van der Waals surface area (Å²) in [5.74, 6) is -0.471. The van der Waals surface area contributed by atoms with Crippen molar-refractivity contribution in [1.82, 2.24) is 5.32 Å². The van der Waals surface area contributed by atoms with Gasteiger partial charge in [-0.1, -0.05) is 23.7 Å². The lowest BCUT2D eigenvalue weighted by atomic mass is 10.0. The summed E-state index contributed by atoms with van der Waals surface area (Å²) in [7, 11) is 0. The third-order valence-corrected chi connectivity index (χ3v) is 3.91. The first-order chi connectivity index (χ1) is 11.1. The fourth-order valence-electron chi connectivity index (χ4n) is 2.53. The Kier molecular flexibility index (Phi) is 6.80. The van der Waals surface area contributed by atoms with Gasteiger partial charge in [-0.15, -0.1) is 12.4 Å². The zero-order chi connectivity index (χ0) is 16.2. The average molecular weight is 376 g/mol. The number of ether oxygens (including phenoxy) is 2. The number of benzene rings is 2. The molecule has 2 atom stereocenters. The van der Waals surface area contributed by atoms with Crippen LogP contribution in [0.4, 0.5) is 8.78 Å². The molecule has 3 rings (SSSR count). The molecule has 0 bridgehead atoms. The number of morpholine rings is 1. The highest BCUT2D eigenvalue weighted by Crippen LogP contribution is 2.32. The number of hydrogen-bond donors (Lipinski definition) is 1. The van der Waals surface area contributed by atoms with Crippen molar-refractivity contribution in [2.75, 3.05) is 19.7 Å². The van der Waals surface area contributed by atoms with Crippen molar-refractivity contribution in [2.45, 2.75) is 12.2 Å². The van der Waals surface area contributed by atoms with E-state index in [1.54, 1.807) is 12.1 Å². The summed E-state index contributed by atoms with van der Waals surface area (Å²) in [6.45, 7) is 1.86. The Bertz CT molecular complexity index is 681. The van der Waals surface area contributed by atoms with Gasteiger partial charge in [-0.2, -0.15) is 0 Å². The number of rotatable bonds is 4. The molecule has 1 heterocycles. The second-order valence-corrected chi connectivity index (χ2v) is 5.69. The van der Waals surface area contributed by atoms with Crippen LogP contribution in [0, 0.1) is 11.6 Å². The highest BCUT2D eigenvalue weighted by Gasteiger charge is 2.28. The second kappa shape index (κ2) is 8.62. The number of halogens is 4. The Labute approximate surface area is 150 Å².